The molecule has 1 amide bonds. The van der Waals surface area contributed by atoms with E-state index < -0.39 is 0 Å². The van der Waals surface area contributed by atoms with Crippen molar-refractivity contribution in [2.24, 2.45) is 0 Å². The van der Waals surface area contributed by atoms with E-state index in [9.17, 15) is 4.79 Å². The largest absolute Gasteiger partial charge is 0.372 e. The molecule has 2 N–H and O–H groups in total. The van der Waals surface area contributed by atoms with E-state index in [0.717, 1.165) is 43.4 Å². The number of pyridine rings is 1. The third-order valence-electron chi connectivity index (χ3n) is 4.14. The first-order valence-electron chi connectivity index (χ1n) is 9.04. The Kier molecular flexibility index (Phi) is 7.41. The van der Waals surface area contributed by atoms with Gasteiger partial charge in [-0.15, -0.1) is 0 Å². The number of nitrogens with one attached hydrogen (secondary N) is 2. The summed E-state index contributed by atoms with van der Waals surface area (Å²) in [4.78, 5) is 21.0. The van der Waals surface area contributed by atoms with Gasteiger partial charge in [0.25, 0.3) is 5.91 Å². The number of carbonyl (C=O) groups excluding carboxylic acids is 1. The number of carbonyl (C=O) groups is 1. The quantitative estimate of drug-likeness (QED) is 0.724. The number of benzene rings is 1. The van der Waals surface area contributed by atoms with Crippen molar-refractivity contribution < 1.29 is 4.79 Å². The molecule has 2 rings (SSSR count). The number of likely N-dealkylation sites (N-methyl/N-ethyl adjacent to an activating group) is 1. The second-order valence-electron chi connectivity index (χ2n) is 6.34. The van der Waals surface area contributed by atoms with E-state index >= 15 is 0 Å². The molecule has 0 fully saturated rings. The van der Waals surface area contributed by atoms with Gasteiger partial charge in [-0.1, -0.05) is 0 Å². The average Bonchev–Trinajstić information content (AvgIpc) is 2.64. The fourth-order valence-electron chi connectivity index (χ4n) is 2.59. The van der Waals surface area contributed by atoms with Gasteiger partial charge in [0, 0.05) is 43.8 Å². The summed E-state index contributed by atoms with van der Waals surface area (Å²) >= 11 is 0. The topological polar surface area (TPSA) is 60.5 Å². The van der Waals surface area contributed by atoms with Crippen molar-refractivity contribution in [2.75, 3.05) is 55.8 Å². The molecule has 0 aliphatic rings. The van der Waals surface area contributed by atoms with Crippen LogP contribution in [0.5, 0.6) is 0 Å². The highest BCUT2D eigenvalue weighted by Crippen LogP contribution is 2.18. The summed E-state index contributed by atoms with van der Waals surface area (Å²) in [5, 5.41) is 6.14. The molecule has 1 aromatic heterocycles. The second-order valence-corrected chi connectivity index (χ2v) is 6.34. The third-order valence-corrected chi connectivity index (χ3v) is 4.14. The van der Waals surface area contributed by atoms with Crippen molar-refractivity contribution in [3.05, 3.63) is 48.2 Å². The van der Waals surface area contributed by atoms with Gasteiger partial charge in [0.15, 0.2) is 0 Å². The smallest absolute Gasteiger partial charge is 0.257 e. The lowest BCUT2D eigenvalue weighted by Crippen LogP contribution is -2.21. The molecule has 0 saturated carbocycles. The second kappa shape index (κ2) is 9.77. The molecule has 26 heavy (non-hydrogen) atoms. The molecule has 0 unspecified atom stereocenters. The highest BCUT2D eigenvalue weighted by molar-refractivity contribution is 6.04. The highest BCUT2D eigenvalue weighted by atomic mass is 16.1. The number of amides is 1. The lowest BCUT2D eigenvalue weighted by molar-refractivity contribution is 0.102. The normalized spacial score (nSPS) is 10.7. The molecule has 6 nitrogen and oxygen atoms in total. The molecule has 0 spiro atoms. The van der Waals surface area contributed by atoms with Crippen molar-refractivity contribution in [3.8, 4) is 0 Å². The number of hydrogen-bond donors (Lipinski definition) is 2. The molecule has 1 heterocycles. The van der Waals surface area contributed by atoms with Crippen LogP contribution in [-0.4, -0.2) is 56.1 Å². The maximum absolute atomic E-state index is 12.4. The molecular formula is C20H29N5O. The fraction of sp³-hybridized carbons (Fsp3) is 0.400. The Hall–Kier alpha value is -2.60. The van der Waals surface area contributed by atoms with Crippen LogP contribution in [0.3, 0.4) is 0 Å². The number of nitrogens with zero attached hydrogens (tertiary/aromatic N) is 3. The van der Waals surface area contributed by atoms with Crippen LogP contribution in [0.4, 0.5) is 17.2 Å². The summed E-state index contributed by atoms with van der Waals surface area (Å²) in [5.41, 5.74) is 2.47. The molecule has 0 bridgehead atoms. The minimum atomic E-state index is -0.159. The van der Waals surface area contributed by atoms with Gasteiger partial charge in [-0.05, 0) is 64.3 Å². The number of rotatable bonds is 9. The van der Waals surface area contributed by atoms with Crippen molar-refractivity contribution in [2.45, 2.75) is 13.8 Å². The molecular weight excluding hydrogens is 326 g/mol. The SMILES string of the molecule is CCN(CC)c1ccc(NC(=O)c2ccc(NCCN(C)C)nc2)cc1. The first kappa shape index (κ1) is 19.7. The van der Waals surface area contributed by atoms with Gasteiger partial charge in [0.05, 0.1) is 5.56 Å². The van der Waals surface area contributed by atoms with Crippen LogP contribution >= 0.6 is 0 Å². The molecule has 0 atom stereocenters. The zero-order chi connectivity index (χ0) is 18.9. The van der Waals surface area contributed by atoms with Crippen LogP contribution in [-0.2, 0) is 0 Å². The van der Waals surface area contributed by atoms with E-state index in [1.807, 2.05) is 44.4 Å². The van der Waals surface area contributed by atoms with E-state index in [1.54, 1.807) is 12.3 Å². The van der Waals surface area contributed by atoms with Gasteiger partial charge in [-0.3, -0.25) is 4.79 Å². The standard InChI is InChI=1S/C20H29N5O/c1-5-25(6-2)18-10-8-17(9-11-18)23-20(26)16-7-12-19(22-15-16)21-13-14-24(3)4/h7-12,15H,5-6,13-14H2,1-4H3,(H,21,22)(H,23,26). The van der Waals surface area contributed by atoms with Crippen LogP contribution in [0.15, 0.2) is 42.6 Å². The molecule has 140 valence electrons. The molecule has 1 aromatic carbocycles. The predicted molar refractivity (Wildman–Crippen MR) is 109 cm³/mol. The van der Waals surface area contributed by atoms with Crippen LogP contribution in [0.1, 0.15) is 24.2 Å². The van der Waals surface area contributed by atoms with E-state index in [1.165, 1.54) is 0 Å². The molecule has 2 aromatic rings. The Labute approximate surface area is 156 Å². The zero-order valence-electron chi connectivity index (χ0n) is 16.1. The fourth-order valence-corrected chi connectivity index (χ4v) is 2.59. The first-order valence-corrected chi connectivity index (χ1v) is 9.04. The number of hydrogen-bond acceptors (Lipinski definition) is 5. The monoisotopic (exact) mass is 355 g/mol. The Morgan fingerprint density at radius 3 is 2.27 bits per heavy atom. The summed E-state index contributed by atoms with van der Waals surface area (Å²) < 4.78 is 0. The van der Waals surface area contributed by atoms with Crippen molar-refractivity contribution in [1.82, 2.24) is 9.88 Å². The molecule has 6 heteroatoms. The van der Waals surface area contributed by atoms with Crippen LogP contribution < -0.4 is 15.5 Å². The highest BCUT2D eigenvalue weighted by Gasteiger charge is 2.08. The maximum Gasteiger partial charge on any atom is 0.257 e. The number of aromatic nitrogens is 1. The summed E-state index contributed by atoms with van der Waals surface area (Å²) in [5.74, 6) is 0.611. The minimum absolute atomic E-state index is 0.159. The van der Waals surface area contributed by atoms with Crippen molar-refractivity contribution in [3.63, 3.8) is 0 Å². The van der Waals surface area contributed by atoms with Gasteiger partial charge in [0.2, 0.25) is 0 Å². The van der Waals surface area contributed by atoms with Crippen molar-refractivity contribution in [1.29, 1.82) is 0 Å². The Balaban J connectivity index is 1.92. The first-order chi connectivity index (χ1) is 12.5. The van der Waals surface area contributed by atoms with Gasteiger partial charge in [-0.25, -0.2) is 4.98 Å². The van der Waals surface area contributed by atoms with Crippen LogP contribution in [0.2, 0.25) is 0 Å². The van der Waals surface area contributed by atoms with Gasteiger partial charge < -0.3 is 20.4 Å². The predicted octanol–water partition coefficient (Wildman–Crippen LogP) is 3.15. The molecule has 0 aliphatic heterocycles. The molecule has 0 radical (unpaired) electrons. The summed E-state index contributed by atoms with van der Waals surface area (Å²) in [6, 6.07) is 11.5. The Morgan fingerprint density at radius 2 is 1.73 bits per heavy atom. The van der Waals surface area contributed by atoms with Gasteiger partial charge in [0.1, 0.15) is 5.82 Å². The van der Waals surface area contributed by atoms with E-state index in [4.69, 9.17) is 0 Å². The molecule has 0 saturated heterocycles. The molecule has 0 aliphatic carbocycles. The summed E-state index contributed by atoms with van der Waals surface area (Å²) in [7, 11) is 4.05. The number of anilines is 3. The van der Waals surface area contributed by atoms with E-state index in [2.05, 4.69) is 39.3 Å². The van der Waals surface area contributed by atoms with E-state index in [-0.39, 0.29) is 5.91 Å². The van der Waals surface area contributed by atoms with Crippen molar-refractivity contribution >= 4 is 23.1 Å². The van der Waals surface area contributed by atoms with Crippen LogP contribution in [0.25, 0.3) is 0 Å². The van der Waals surface area contributed by atoms with Crippen LogP contribution in [0, 0.1) is 0 Å². The van der Waals surface area contributed by atoms with Gasteiger partial charge in [-0.2, -0.15) is 0 Å². The Bertz CT molecular complexity index is 678. The van der Waals surface area contributed by atoms with E-state index in [0.29, 0.717) is 5.56 Å². The lowest BCUT2D eigenvalue weighted by Gasteiger charge is -2.21. The van der Waals surface area contributed by atoms with Gasteiger partial charge >= 0.3 is 0 Å². The zero-order valence-corrected chi connectivity index (χ0v) is 16.1. The lowest BCUT2D eigenvalue weighted by atomic mass is 10.2. The average molecular weight is 355 g/mol. The Morgan fingerprint density at radius 1 is 1.04 bits per heavy atom. The maximum atomic E-state index is 12.4. The summed E-state index contributed by atoms with van der Waals surface area (Å²) in [6.07, 6.45) is 1.59. The third kappa shape index (κ3) is 5.74. The summed E-state index contributed by atoms with van der Waals surface area (Å²) in [6.45, 7) is 7.92. The minimum Gasteiger partial charge on any atom is -0.372 e.